The third-order valence-electron chi connectivity index (χ3n) is 4.11. The number of carboxylic acid groups (broad SMARTS) is 1. The van der Waals surface area contributed by atoms with Crippen molar-refractivity contribution in [1.29, 1.82) is 0 Å². The Bertz CT molecular complexity index is 980. The second-order valence-corrected chi connectivity index (χ2v) is 5.69. The lowest BCUT2D eigenvalue weighted by molar-refractivity contribution is 0.0659. The van der Waals surface area contributed by atoms with E-state index in [9.17, 15) is 19.8 Å². The number of aromatic nitrogens is 2. The molecule has 2 aromatic heterocycles. The predicted molar refractivity (Wildman–Crippen MR) is 89.8 cm³/mol. The number of aromatic hydroxyl groups is 1. The van der Waals surface area contributed by atoms with Crippen molar-refractivity contribution in [2.45, 2.75) is 13.8 Å². The number of furan rings is 1. The molecule has 0 radical (unpaired) electrons. The minimum atomic E-state index is -1.17. The fourth-order valence-corrected chi connectivity index (χ4v) is 2.97. The van der Waals surface area contributed by atoms with Crippen LogP contribution in [0.1, 0.15) is 32.4 Å². The summed E-state index contributed by atoms with van der Waals surface area (Å²) in [6.45, 7) is 3.29. The molecule has 0 spiro atoms. The van der Waals surface area contributed by atoms with Gasteiger partial charge in [0.05, 0.1) is 0 Å². The van der Waals surface area contributed by atoms with Gasteiger partial charge < -0.3 is 14.6 Å². The SMILES string of the molecule is Cc1oc(C(=O)O)c(C)c1-c1c(-c2ccc(O)cc2)nn(C)c1C=O. The van der Waals surface area contributed by atoms with E-state index in [-0.39, 0.29) is 11.5 Å². The van der Waals surface area contributed by atoms with E-state index < -0.39 is 5.97 Å². The lowest BCUT2D eigenvalue weighted by Crippen LogP contribution is -1.98. The maximum Gasteiger partial charge on any atom is 0.372 e. The Morgan fingerprint density at radius 3 is 2.36 bits per heavy atom. The van der Waals surface area contributed by atoms with Gasteiger partial charge in [0.1, 0.15) is 22.9 Å². The summed E-state index contributed by atoms with van der Waals surface area (Å²) in [6, 6.07) is 6.40. The van der Waals surface area contributed by atoms with Crippen molar-refractivity contribution in [3.05, 3.63) is 47.0 Å². The minimum Gasteiger partial charge on any atom is -0.508 e. The molecule has 3 aromatic rings. The van der Waals surface area contributed by atoms with Crippen LogP contribution in [0.15, 0.2) is 28.7 Å². The van der Waals surface area contributed by atoms with E-state index in [4.69, 9.17) is 4.42 Å². The number of aldehydes is 1. The first kappa shape index (κ1) is 16.5. The van der Waals surface area contributed by atoms with Gasteiger partial charge in [0, 0.05) is 29.3 Å². The molecule has 0 bridgehead atoms. The number of carboxylic acids is 1. The fourth-order valence-electron chi connectivity index (χ4n) is 2.97. The van der Waals surface area contributed by atoms with Crippen LogP contribution in [0.3, 0.4) is 0 Å². The standard InChI is InChI=1S/C18H16N2O5/c1-9-14(10(2)25-17(9)18(23)24)15-13(8-21)20(3)19-16(15)11-4-6-12(22)7-5-11/h4-8,22H,1-3H3,(H,23,24). The van der Waals surface area contributed by atoms with Crippen molar-refractivity contribution in [3.63, 3.8) is 0 Å². The van der Waals surface area contributed by atoms with E-state index in [1.54, 1.807) is 33.0 Å². The van der Waals surface area contributed by atoms with Gasteiger partial charge in [0.2, 0.25) is 5.76 Å². The lowest BCUT2D eigenvalue weighted by atomic mass is 9.96. The number of carbonyl (C=O) groups excluding carboxylic acids is 1. The number of aromatic carboxylic acids is 1. The third-order valence-corrected chi connectivity index (χ3v) is 4.11. The molecular formula is C18H16N2O5. The molecule has 0 unspecified atom stereocenters. The monoisotopic (exact) mass is 340 g/mol. The first-order valence-corrected chi connectivity index (χ1v) is 7.50. The number of aryl methyl sites for hydroxylation is 2. The highest BCUT2D eigenvalue weighted by Crippen LogP contribution is 2.40. The van der Waals surface area contributed by atoms with Crippen LogP contribution in [0.2, 0.25) is 0 Å². The van der Waals surface area contributed by atoms with E-state index in [1.807, 2.05) is 0 Å². The van der Waals surface area contributed by atoms with Gasteiger partial charge in [-0.3, -0.25) is 9.48 Å². The number of carbonyl (C=O) groups is 2. The van der Waals surface area contributed by atoms with Gasteiger partial charge in [-0.1, -0.05) is 0 Å². The van der Waals surface area contributed by atoms with Gasteiger partial charge in [0.25, 0.3) is 0 Å². The zero-order valence-corrected chi connectivity index (χ0v) is 13.9. The first-order chi connectivity index (χ1) is 11.8. The van der Waals surface area contributed by atoms with E-state index in [0.29, 0.717) is 45.7 Å². The molecule has 0 aliphatic carbocycles. The molecule has 0 atom stereocenters. The Labute approximate surface area is 143 Å². The summed E-state index contributed by atoms with van der Waals surface area (Å²) in [5, 5.41) is 23.2. The Kier molecular flexibility index (Phi) is 3.92. The highest BCUT2D eigenvalue weighted by atomic mass is 16.4. The molecule has 2 N–H and O–H groups in total. The molecule has 25 heavy (non-hydrogen) atoms. The normalized spacial score (nSPS) is 10.8. The highest BCUT2D eigenvalue weighted by Gasteiger charge is 2.27. The molecule has 1 aromatic carbocycles. The van der Waals surface area contributed by atoms with Gasteiger partial charge >= 0.3 is 5.97 Å². The van der Waals surface area contributed by atoms with E-state index in [0.717, 1.165) is 0 Å². The first-order valence-electron chi connectivity index (χ1n) is 7.50. The number of nitrogens with zero attached hydrogens (tertiary/aromatic N) is 2. The molecular weight excluding hydrogens is 324 g/mol. The smallest absolute Gasteiger partial charge is 0.372 e. The van der Waals surface area contributed by atoms with Crippen molar-refractivity contribution in [3.8, 4) is 28.1 Å². The van der Waals surface area contributed by atoms with Crippen LogP contribution in [0.5, 0.6) is 5.75 Å². The molecule has 128 valence electrons. The van der Waals surface area contributed by atoms with Crippen LogP contribution in [0.25, 0.3) is 22.4 Å². The number of hydrogen-bond acceptors (Lipinski definition) is 5. The van der Waals surface area contributed by atoms with Crippen LogP contribution < -0.4 is 0 Å². The summed E-state index contributed by atoms with van der Waals surface area (Å²) >= 11 is 0. The van der Waals surface area contributed by atoms with Crippen molar-refractivity contribution >= 4 is 12.3 Å². The molecule has 0 aliphatic heterocycles. The summed E-state index contributed by atoms with van der Waals surface area (Å²) in [5.74, 6) is -0.828. The van der Waals surface area contributed by atoms with Gasteiger partial charge in [-0.2, -0.15) is 5.10 Å². The van der Waals surface area contributed by atoms with Gasteiger partial charge in [-0.15, -0.1) is 0 Å². The number of benzene rings is 1. The molecule has 7 heteroatoms. The summed E-state index contributed by atoms with van der Waals surface area (Å²) in [7, 11) is 1.64. The second kappa shape index (κ2) is 5.94. The third kappa shape index (κ3) is 2.59. The summed E-state index contributed by atoms with van der Waals surface area (Å²) in [4.78, 5) is 23.0. The van der Waals surface area contributed by atoms with Crippen molar-refractivity contribution in [2.24, 2.45) is 7.05 Å². The topological polar surface area (TPSA) is 106 Å². The highest BCUT2D eigenvalue weighted by molar-refractivity contribution is 5.98. The average molecular weight is 340 g/mol. The summed E-state index contributed by atoms with van der Waals surface area (Å²) in [6.07, 6.45) is 0.679. The van der Waals surface area contributed by atoms with Crippen LogP contribution in [0.4, 0.5) is 0 Å². The van der Waals surface area contributed by atoms with Crippen LogP contribution in [0, 0.1) is 13.8 Å². The van der Waals surface area contributed by atoms with E-state index >= 15 is 0 Å². The zero-order valence-electron chi connectivity index (χ0n) is 13.9. The van der Waals surface area contributed by atoms with E-state index in [1.165, 1.54) is 16.8 Å². The van der Waals surface area contributed by atoms with Crippen molar-refractivity contribution in [1.82, 2.24) is 9.78 Å². The zero-order chi connectivity index (χ0) is 18.3. The maximum absolute atomic E-state index is 11.6. The molecule has 2 heterocycles. The minimum absolute atomic E-state index is 0.112. The molecule has 0 saturated carbocycles. The van der Waals surface area contributed by atoms with Crippen LogP contribution in [-0.4, -0.2) is 32.2 Å². The molecule has 0 fully saturated rings. The second-order valence-electron chi connectivity index (χ2n) is 5.69. The van der Waals surface area contributed by atoms with Crippen molar-refractivity contribution < 1.29 is 24.2 Å². The Morgan fingerprint density at radius 2 is 1.84 bits per heavy atom. The van der Waals surface area contributed by atoms with Crippen LogP contribution in [-0.2, 0) is 7.05 Å². The molecule has 3 rings (SSSR count). The van der Waals surface area contributed by atoms with Gasteiger partial charge in [-0.05, 0) is 38.1 Å². The number of rotatable bonds is 4. The largest absolute Gasteiger partial charge is 0.508 e. The number of hydrogen-bond donors (Lipinski definition) is 2. The number of phenols is 1. The average Bonchev–Trinajstić information content (AvgIpc) is 3.04. The lowest BCUT2D eigenvalue weighted by Gasteiger charge is -2.05. The van der Waals surface area contributed by atoms with Crippen molar-refractivity contribution in [2.75, 3.05) is 0 Å². The van der Waals surface area contributed by atoms with Gasteiger partial charge in [-0.25, -0.2) is 4.79 Å². The predicted octanol–water partition coefficient (Wildman–Crippen LogP) is 3.18. The molecule has 0 saturated heterocycles. The molecule has 0 amide bonds. The van der Waals surface area contributed by atoms with Crippen LogP contribution >= 0.6 is 0 Å². The number of phenolic OH excluding ortho intramolecular Hbond substituents is 1. The fraction of sp³-hybridized carbons (Fsp3) is 0.167. The summed E-state index contributed by atoms with van der Waals surface area (Å²) in [5.41, 5.74) is 2.99. The van der Waals surface area contributed by atoms with Gasteiger partial charge in [0.15, 0.2) is 6.29 Å². The maximum atomic E-state index is 11.6. The summed E-state index contributed by atoms with van der Waals surface area (Å²) < 4.78 is 6.83. The molecule has 7 nitrogen and oxygen atoms in total. The molecule has 0 aliphatic rings. The Morgan fingerprint density at radius 1 is 1.20 bits per heavy atom. The Balaban J connectivity index is 2.35. The Hall–Kier alpha value is -3.35. The quantitative estimate of drug-likeness (QED) is 0.707. The van der Waals surface area contributed by atoms with E-state index in [2.05, 4.69) is 5.10 Å².